The predicted octanol–water partition coefficient (Wildman–Crippen LogP) is -0.948. The Hall–Kier alpha value is -0.625. The zero-order chi connectivity index (χ0) is 13.5. The summed E-state index contributed by atoms with van der Waals surface area (Å²) in [7, 11) is -1.35. The minimum absolute atomic E-state index is 0.0468. The van der Waals surface area contributed by atoms with Crippen molar-refractivity contribution in [3.8, 4) is 0 Å². The molecule has 5 atom stereocenters. The Morgan fingerprint density at radius 3 is 2.67 bits per heavy atom. The Morgan fingerprint density at radius 1 is 1.50 bits per heavy atom. The number of carboxylic acid groups (broad SMARTS) is 1. The number of rotatable bonds is 5. The van der Waals surface area contributed by atoms with Gasteiger partial charge in [-0.2, -0.15) is 0 Å². The van der Waals surface area contributed by atoms with Gasteiger partial charge < -0.3 is 25.6 Å². The van der Waals surface area contributed by atoms with Crippen LogP contribution in [-0.2, 0) is 4.79 Å². The van der Waals surface area contributed by atoms with E-state index in [0.717, 1.165) is 0 Å². The molecule has 1 aliphatic heterocycles. The molecule has 5 N–H and O–H groups in total. The van der Waals surface area contributed by atoms with Gasteiger partial charge in [0.05, 0.1) is 6.10 Å². The molecule has 1 saturated carbocycles. The lowest BCUT2D eigenvalue weighted by atomic mass is 9.60. The molecule has 0 amide bonds. The van der Waals surface area contributed by atoms with Gasteiger partial charge in [-0.05, 0) is 19.2 Å². The molecule has 0 radical (unpaired) electrons. The number of hydrogen-bond acceptors (Lipinski definition) is 5. The van der Waals surface area contributed by atoms with Crippen LogP contribution in [0.2, 0.25) is 6.32 Å². The third-order valence-corrected chi connectivity index (χ3v) is 4.57. The maximum Gasteiger partial charge on any atom is 0.451 e. The van der Waals surface area contributed by atoms with Gasteiger partial charge in [0.25, 0.3) is 0 Å². The minimum Gasteiger partial charge on any atom is -0.480 e. The van der Waals surface area contributed by atoms with Crippen LogP contribution < -0.4 is 5.32 Å². The Morgan fingerprint density at radius 2 is 2.17 bits per heavy atom. The standard InChI is InChI=1S/C11H20BNO5/c1-11(3-2-4-12(17)18)8-6(5-7(8)14)13-9(11)10(15)16/h6-9,13-14,17-18H,2-5H2,1H3,(H,15,16)/t6-,7-,8-,9-,11-/m1/s1. The van der Waals surface area contributed by atoms with Crippen LogP contribution in [0.15, 0.2) is 0 Å². The summed E-state index contributed by atoms with van der Waals surface area (Å²) >= 11 is 0. The topological polar surface area (TPSA) is 110 Å². The highest BCUT2D eigenvalue weighted by Gasteiger charge is 2.61. The van der Waals surface area contributed by atoms with Crippen LogP contribution in [0.1, 0.15) is 26.2 Å². The van der Waals surface area contributed by atoms with Crippen molar-refractivity contribution >= 4 is 13.1 Å². The summed E-state index contributed by atoms with van der Waals surface area (Å²) < 4.78 is 0. The third kappa shape index (κ3) is 2.16. The largest absolute Gasteiger partial charge is 0.480 e. The molecule has 0 spiro atoms. The first-order chi connectivity index (χ1) is 8.36. The van der Waals surface area contributed by atoms with Crippen molar-refractivity contribution < 1.29 is 25.1 Å². The van der Waals surface area contributed by atoms with Gasteiger partial charge in [-0.15, -0.1) is 0 Å². The Bertz CT molecular complexity index is 339. The van der Waals surface area contributed by atoms with Crippen molar-refractivity contribution in [2.24, 2.45) is 11.3 Å². The highest BCUT2D eigenvalue weighted by Crippen LogP contribution is 2.52. The van der Waals surface area contributed by atoms with Crippen LogP contribution in [0.25, 0.3) is 0 Å². The summed E-state index contributed by atoms with van der Waals surface area (Å²) in [5, 5.41) is 39.8. The smallest absolute Gasteiger partial charge is 0.451 e. The van der Waals surface area contributed by atoms with Gasteiger partial charge in [0.2, 0.25) is 0 Å². The van der Waals surface area contributed by atoms with Gasteiger partial charge in [0.1, 0.15) is 6.04 Å². The summed E-state index contributed by atoms with van der Waals surface area (Å²) in [6.45, 7) is 1.87. The van der Waals surface area contributed by atoms with Crippen molar-refractivity contribution in [1.29, 1.82) is 0 Å². The van der Waals surface area contributed by atoms with Crippen molar-refractivity contribution in [3.05, 3.63) is 0 Å². The quantitative estimate of drug-likeness (QED) is 0.406. The molecule has 2 fully saturated rings. The van der Waals surface area contributed by atoms with E-state index >= 15 is 0 Å². The molecule has 1 saturated heterocycles. The van der Waals surface area contributed by atoms with Gasteiger partial charge >= 0.3 is 13.1 Å². The molecule has 2 rings (SSSR count). The van der Waals surface area contributed by atoms with Gasteiger partial charge in [-0.3, -0.25) is 4.79 Å². The summed E-state index contributed by atoms with van der Waals surface area (Å²) in [6, 6.07) is -0.592. The predicted molar refractivity (Wildman–Crippen MR) is 64.8 cm³/mol. The van der Waals surface area contributed by atoms with E-state index < -0.39 is 30.6 Å². The monoisotopic (exact) mass is 257 g/mol. The number of carboxylic acids is 1. The Kier molecular flexibility index (Phi) is 3.69. The second kappa shape index (κ2) is 4.81. The van der Waals surface area contributed by atoms with E-state index in [0.29, 0.717) is 19.3 Å². The summed E-state index contributed by atoms with van der Waals surface area (Å²) in [5.74, 6) is -0.946. The molecular weight excluding hydrogens is 237 g/mol. The first-order valence-electron chi connectivity index (χ1n) is 6.39. The van der Waals surface area contributed by atoms with Gasteiger partial charge in [0.15, 0.2) is 0 Å². The highest BCUT2D eigenvalue weighted by atomic mass is 16.4. The lowest BCUT2D eigenvalue weighted by Gasteiger charge is -2.44. The summed E-state index contributed by atoms with van der Waals surface area (Å²) in [6.07, 6.45) is 1.49. The zero-order valence-electron chi connectivity index (χ0n) is 10.4. The molecule has 18 heavy (non-hydrogen) atoms. The number of aliphatic hydroxyl groups is 1. The van der Waals surface area contributed by atoms with E-state index in [4.69, 9.17) is 10.0 Å². The van der Waals surface area contributed by atoms with E-state index in [2.05, 4.69) is 5.32 Å². The Balaban J connectivity index is 2.06. The fourth-order valence-corrected chi connectivity index (χ4v) is 3.62. The van der Waals surface area contributed by atoms with Gasteiger partial charge in [0, 0.05) is 17.4 Å². The van der Waals surface area contributed by atoms with Gasteiger partial charge in [-0.1, -0.05) is 13.3 Å². The molecule has 7 heteroatoms. The van der Waals surface area contributed by atoms with Crippen LogP contribution >= 0.6 is 0 Å². The van der Waals surface area contributed by atoms with Gasteiger partial charge in [-0.25, -0.2) is 0 Å². The maximum absolute atomic E-state index is 11.3. The number of fused-ring (bicyclic) bond motifs is 1. The molecule has 0 aromatic carbocycles. The second-order valence-electron chi connectivity index (χ2n) is 5.75. The number of nitrogens with one attached hydrogen (secondary N) is 1. The molecule has 0 aromatic heterocycles. The van der Waals surface area contributed by atoms with Crippen molar-refractivity contribution in [2.75, 3.05) is 0 Å². The first-order valence-corrected chi connectivity index (χ1v) is 6.39. The normalized spacial score (nSPS) is 42.2. The van der Waals surface area contributed by atoms with E-state index in [9.17, 15) is 15.0 Å². The third-order valence-electron chi connectivity index (χ3n) is 4.57. The minimum atomic E-state index is -1.35. The lowest BCUT2D eigenvalue weighted by molar-refractivity contribution is -0.142. The molecule has 102 valence electrons. The summed E-state index contributed by atoms with van der Waals surface area (Å²) in [5.41, 5.74) is -0.525. The molecule has 1 aliphatic carbocycles. The molecule has 0 unspecified atom stereocenters. The maximum atomic E-state index is 11.3. The fourth-order valence-electron chi connectivity index (χ4n) is 3.62. The SMILES string of the molecule is C[C@@]1(CCCB(O)O)[C@H]2[C@H](O)C[C@H]2N[C@@H]1C(=O)O. The average molecular weight is 257 g/mol. The van der Waals surface area contributed by atoms with Crippen molar-refractivity contribution in [2.45, 2.75) is 50.7 Å². The second-order valence-corrected chi connectivity index (χ2v) is 5.75. The van der Waals surface area contributed by atoms with Crippen molar-refractivity contribution in [3.63, 3.8) is 0 Å². The van der Waals surface area contributed by atoms with E-state index in [1.54, 1.807) is 0 Å². The number of aliphatic hydroxyl groups excluding tert-OH is 1. The van der Waals surface area contributed by atoms with Crippen LogP contribution in [0.5, 0.6) is 0 Å². The first kappa shape index (κ1) is 13.8. The Labute approximate surface area is 106 Å². The van der Waals surface area contributed by atoms with Crippen LogP contribution in [0, 0.1) is 11.3 Å². The fraction of sp³-hybridized carbons (Fsp3) is 0.909. The molecule has 2 aliphatic rings. The zero-order valence-corrected chi connectivity index (χ0v) is 10.4. The molecule has 6 nitrogen and oxygen atoms in total. The number of hydrogen-bond donors (Lipinski definition) is 5. The van der Waals surface area contributed by atoms with Crippen molar-refractivity contribution in [1.82, 2.24) is 5.32 Å². The number of aliphatic carboxylic acids is 1. The van der Waals surface area contributed by atoms with E-state index in [1.807, 2.05) is 6.92 Å². The van der Waals surface area contributed by atoms with Crippen LogP contribution in [0.4, 0.5) is 0 Å². The molecule has 0 aromatic rings. The van der Waals surface area contributed by atoms with E-state index in [1.165, 1.54) is 0 Å². The number of carbonyl (C=O) groups is 1. The average Bonchev–Trinajstić information content (AvgIpc) is 2.44. The van der Waals surface area contributed by atoms with Crippen LogP contribution in [0.3, 0.4) is 0 Å². The van der Waals surface area contributed by atoms with Crippen LogP contribution in [-0.4, -0.2) is 51.5 Å². The highest BCUT2D eigenvalue weighted by molar-refractivity contribution is 6.40. The lowest BCUT2D eigenvalue weighted by Crippen LogP contribution is -2.51. The van der Waals surface area contributed by atoms with E-state index in [-0.39, 0.29) is 18.3 Å². The molecule has 0 bridgehead atoms. The molecular formula is C11H20BNO5. The summed E-state index contributed by atoms with van der Waals surface area (Å²) in [4.78, 5) is 11.3. The molecule has 1 heterocycles.